The van der Waals surface area contributed by atoms with E-state index in [0.29, 0.717) is 22.5 Å². The maximum atomic E-state index is 11.5. The predicted molar refractivity (Wildman–Crippen MR) is 253 cm³/mol. The number of hydrogen-bond acceptors (Lipinski definition) is 2. The van der Waals surface area contributed by atoms with Crippen LogP contribution in [-0.4, -0.2) is 18.3 Å². The van der Waals surface area contributed by atoms with Crippen molar-refractivity contribution in [3.05, 3.63) is 205 Å². The lowest BCUT2D eigenvalue weighted by atomic mass is 10.0. The first kappa shape index (κ1) is 34.1. The van der Waals surface area contributed by atoms with Crippen LogP contribution in [0.5, 0.6) is 0 Å². The molecule has 0 saturated carbocycles. The summed E-state index contributed by atoms with van der Waals surface area (Å²) in [5.41, 5.74) is 12.5. The van der Waals surface area contributed by atoms with E-state index in [2.05, 4.69) is 194 Å². The van der Waals surface area contributed by atoms with Crippen LogP contribution in [-0.2, 0) is 0 Å². The maximum absolute atomic E-state index is 11.5. The number of rotatable bonds is 4. The third kappa shape index (κ3) is 4.45. The second-order valence-electron chi connectivity index (χ2n) is 15.9. The van der Waals surface area contributed by atoms with Gasteiger partial charge in [-0.25, -0.2) is 0 Å². The molecule has 6 heteroatoms. The Morgan fingerprint density at radius 1 is 0.306 bits per heavy atom. The van der Waals surface area contributed by atoms with Crippen molar-refractivity contribution in [3.8, 4) is 34.9 Å². The van der Waals surface area contributed by atoms with E-state index >= 15 is 0 Å². The van der Waals surface area contributed by atoms with E-state index in [9.17, 15) is 10.5 Å². The Hall–Kier alpha value is -8.84. The summed E-state index contributed by atoms with van der Waals surface area (Å²) in [7, 11) is 0. The zero-order valence-electron chi connectivity index (χ0n) is 33.2. The highest BCUT2D eigenvalue weighted by Gasteiger charge is 2.27. The first-order chi connectivity index (χ1) is 30.7. The molecule has 62 heavy (non-hydrogen) atoms. The predicted octanol–water partition coefficient (Wildman–Crippen LogP) is 13.8. The molecule has 4 heterocycles. The van der Waals surface area contributed by atoms with Crippen molar-refractivity contribution >= 4 is 87.2 Å². The van der Waals surface area contributed by atoms with Gasteiger partial charge in [-0.05, 0) is 72.8 Å². The number of hydrogen-bond donors (Lipinski definition) is 0. The van der Waals surface area contributed by atoms with Crippen LogP contribution in [0.2, 0.25) is 0 Å². The fraction of sp³-hybridized carbons (Fsp3) is 0. The SMILES string of the molecule is N#Cc1ccc(-n2c3ccccc3c3c2ccc2c4ccccc4n(-c4ccccc4)c23)c(C#N)c1-n1c2ccccc2c2c1ccc1c3ccccc3n(-c3ccccc3)c12. The molecule has 0 fully saturated rings. The van der Waals surface area contributed by atoms with Gasteiger partial charge in [0.05, 0.1) is 61.1 Å². The van der Waals surface area contributed by atoms with Crippen LogP contribution in [0, 0.1) is 22.7 Å². The van der Waals surface area contributed by atoms with Gasteiger partial charge in [-0.15, -0.1) is 0 Å². The summed E-state index contributed by atoms with van der Waals surface area (Å²) in [6, 6.07) is 72.7. The molecule has 286 valence electrons. The Morgan fingerprint density at radius 2 is 0.726 bits per heavy atom. The molecule has 0 aliphatic carbocycles. The van der Waals surface area contributed by atoms with Crippen LogP contribution in [0.3, 0.4) is 0 Å². The van der Waals surface area contributed by atoms with E-state index in [4.69, 9.17) is 0 Å². The summed E-state index contributed by atoms with van der Waals surface area (Å²) >= 11 is 0. The Morgan fingerprint density at radius 3 is 1.21 bits per heavy atom. The molecule has 0 amide bonds. The lowest BCUT2D eigenvalue weighted by molar-refractivity contribution is 1.11. The molecule has 0 aliphatic heterocycles. The average Bonchev–Trinajstić information content (AvgIpc) is 4.06. The molecule has 0 atom stereocenters. The van der Waals surface area contributed by atoms with Crippen LogP contribution in [0.25, 0.3) is 110 Å². The first-order valence-corrected chi connectivity index (χ1v) is 20.7. The molecule has 13 aromatic rings. The normalized spacial score (nSPS) is 11.8. The minimum atomic E-state index is 0.418. The summed E-state index contributed by atoms with van der Waals surface area (Å²) in [4.78, 5) is 0. The minimum absolute atomic E-state index is 0.418. The number of para-hydroxylation sites is 6. The van der Waals surface area contributed by atoms with Crippen molar-refractivity contribution in [2.45, 2.75) is 0 Å². The van der Waals surface area contributed by atoms with Crippen LogP contribution >= 0.6 is 0 Å². The van der Waals surface area contributed by atoms with Crippen molar-refractivity contribution < 1.29 is 0 Å². The van der Waals surface area contributed by atoms with Gasteiger partial charge in [0.25, 0.3) is 0 Å². The largest absolute Gasteiger partial charge is 0.309 e. The molecule has 0 spiro atoms. The highest BCUT2D eigenvalue weighted by atomic mass is 15.0. The number of nitrogens with zero attached hydrogens (tertiary/aromatic N) is 6. The molecule has 0 radical (unpaired) electrons. The number of nitriles is 2. The van der Waals surface area contributed by atoms with E-state index in [1.807, 2.05) is 30.3 Å². The highest BCUT2D eigenvalue weighted by Crippen LogP contribution is 2.46. The van der Waals surface area contributed by atoms with Gasteiger partial charge in [0.2, 0.25) is 0 Å². The molecule has 4 aromatic heterocycles. The monoisotopic (exact) mass is 788 g/mol. The second-order valence-corrected chi connectivity index (χ2v) is 15.9. The van der Waals surface area contributed by atoms with Crippen molar-refractivity contribution in [1.29, 1.82) is 10.5 Å². The minimum Gasteiger partial charge on any atom is -0.309 e. The molecule has 0 bridgehead atoms. The lowest BCUT2D eigenvalue weighted by Gasteiger charge is -2.17. The summed E-state index contributed by atoms with van der Waals surface area (Å²) in [6.07, 6.45) is 0. The van der Waals surface area contributed by atoms with Crippen LogP contribution < -0.4 is 0 Å². The van der Waals surface area contributed by atoms with Gasteiger partial charge in [-0.1, -0.05) is 121 Å². The van der Waals surface area contributed by atoms with Crippen molar-refractivity contribution in [1.82, 2.24) is 18.3 Å². The first-order valence-electron chi connectivity index (χ1n) is 20.7. The third-order valence-electron chi connectivity index (χ3n) is 12.8. The average molecular weight is 789 g/mol. The Labute approximate surface area is 354 Å². The molecular formula is C56H32N6. The molecular weight excluding hydrogens is 757 g/mol. The van der Waals surface area contributed by atoms with Crippen LogP contribution in [0.4, 0.5) is 0 Å². The van der Waals surface area contributed by atoms with Crippen molar-refractivity contribution in [3.63, 3.8) is 0 Å². The van der Waals surface area contributed by atoms with Crippen LogP contribution in [0.15, 0.2) is 194 Å². The molecule has 9 aromatic carbocycles. The van der Waals surface area contributed by atoms with E-state index in [0.717, 1.165) is 93.2 Å². The molecule has 13 rings (SSSR count). The Bertz CT molecular complexity index is 4110. The van der Waals surface area contributed by atoms with Gasteiger partial charge in [-0.2, -0.15) is 10.5 Å². The molecule has 0 N–H and O–H groups in total. The maximum Gasteiger partial charge on any atom is 0.104 e. The second kappa shape index (κ2) is 12.8. The van der Waals surface area contributed by atoms with Gasteiger partial charge in [-0.3, -0.25) is 0 Å². The van der Waals surface area contributed by atoms with Gasteiger partial charge in [0, 0.05) is 54.5 Å². The van der Waals surface area contributed by atoms with Gasteiger partial charge in [0.1, 0.15) is 17.7 Å². The fourth-order valence-electron chi connectivity index (χ4n) is 10.4. The highest BCUT2D eigenvalue weighted by molar-refractivity contribution is 6.28. The molecule has 0 aliphatic rings. The summed E-state index contributed by atoms with van der Waals surface area (Å²) in [5, 5.41) is 31.4. The molecule has 0 saturated heterocycles. The quantitative estimate of drug-likeness (QED) is 0.178. The molecule has 6 nitrogen and oxygen atoms in total. The topological polar surface area (TPSA) is 67.3 Å². The van der Waals surface area contributed by atoms with E-state index < -0.39 is 0 Å². The molecule has 0 unspecified atom stereocenters. The van der Waals surface area contributed by atoms with Crippen molar-refractivity contribution in [2.75, 3.05) is 0 Å². The summed E-state index contributed by atoms with van der Waals surface area (Å²) in [5.74, 6) is 0. The Balaban J connectivity index is 1.17. The summed E-state index contributed by atoms with van der Waals surface area (Å²) < 4.78 is 9.09. The summed E-state index contributed by atoms with van der Waals surface area (Å²) in [6.45, 7) is 0. The van der Waals surface area contributed by atoms with Crippen LogP contribution in [0.1, 0.15) is 11.1 Å². The third-order valence-corrected chi connectivity index (χ3v) is 12.8. The van der Waals surface area contributed by atoms with E-state index in [-0.39, 0.29) is 0 Å². The number of fused-ring (bicyclic) bond motifs is 14. The van der Waals surface area contributed by atoms with Gasteiger partial charge in [0.15, 0.2) is 0 Å². The standard InChI is InChI=1S/C56H32N6/c57-33-35-27-30-49(61-47-25-13-9-21-42(47)52-50(61)31-28-40-38-19-7-11-23-45(38)59(55(40)52)36-15-3-1-4-16-36)44(34-58)54(35)62-48-26-14-10-22-43(48)53-51(62)32-29-41-39-20-8-12-24-46(39)60(56(41)53)37-17-5-2-6-18-37/h1-32H. The number of aromatic nitrogens is 4. The van der Waals surface area contributed by atoms with Gasteiger partial charge >= 0.3 is 0 Å². The zero-order valence-corrected chi connectivity index (χ0v) is 33.2. The smallest absolute Gasteiger partial charge is 0.104 e. The van der Waals surface area contributed by atoms with E-state index in [1.54, 1.807) is 0 Å². The van der Waals surface area contributed by atoms with Crippen molar-refractivity contribution in [2.24, 2.45) is 0 Å². The lowest BCUT2D eigenvalue weighted by Crippen LogP contribution is -2.06. The zero-order chi connectivity index (χ0) is 41.1. The number of benzene rings is 9. The van der Waals surface area contributed by atoms with Gasteiger partial charge < -0.3 is 18.3 Å². The Kier molecular flexibility index (Phi) is 7.05. The van der Waals surface area contributed by atoms with E-state index in [1.165, 1.54) is 5.39 Å². The fourth-order valence-corrected chi connectivity index (χ4v) is 10.4.